The van der Waals surface area contributed by atoms with Crippen molar-refractivity contribution in [2.45, 2.75) is 31.4 Å². The van der Waals surface area contributed by atoms with Crippen LogP contribution in [0.5, 0.6) is 0 Å². The van der Waals surface area contributed by atoms with Crippen LogP contribution < -0.4 is 0 Å². The number of morpholine rings is 1. The van der Waals surface area contributed by atoms with Gasteiger partial charge in [-0.15, -0.1) is 0 Å². The normalized spacial score (nSPS) is 26.2. The van der Waals surface area contributed by atoms with E-state index in [0.29, 0.717) is 16.0 Å². The largest absolute Gasteiger partial charge is 0.361 e. The van der Waals surface area contributed by atoms with Crippen molar-refractivity contribution in [2.75, 3.05) is 13.2 Å². The summed E-state index contributed by atoms with van der Waals surface area (Å²) in [6.07, 6.45) is 2.07. The average molecular weight is 390 g/mol. The highest BCUT2D eigenvalue weighted by molar-refractivity contribution is 6.30. The van der Waals surface area contributed by atoms with E-state index >= 15 is 0 Å². The van der Waals surface area contributed by atoms with Gasteiger partial charge in [0.25, 0.3) is 0 Å². The number of halogens is 2. The summed E-state index contributed by atoms with van der Waals surface area (Å²) in [5, 5.41) is 1.34. The molecule has 0 radical (unpaired) electrons. The molecule has 3 nitrogen and oxygen atoms in total. The second-order valence-electron chi connectivity index (χ2n) is 7.35. The fraction of sp³-hybridized carbons (Fsp3) is 0.381. The Hall–Kier alpha value is -1.55. The lowest BCUT2D eigenvalue weighted by Crippen LogP contribution is -2.57. The standard InChI is InChI=1S/C21H21Cl2NO2/c1-21(16-7-9-17(22)10-8-16)20(15-3-2-4-18(23)11-15)26-13-19(25)24(21)12-14-5-6-14/h2-4,7-11,14,20H,5-6,12-13H2,1H3/t20-,21-/m1/s1. The molecule has 2 aromatic rings. The van der Waals surface area contributed by atoms with Gasteiger partial charge in [0.2, 0.25) is 5.91 Å². The molecule has 1 heterocycles. The highest BCUT2D eigenvalue weighted by Gasteiger charge is 2.50. The Bertz CT molecular complexity index is 819. The molecule has 1 saturated carbocycles. The fourth-order valence-electron chi connectivity index (χ4n) is 3.83. The Morgan fingerprint density at radius 1 is 1.12 bits per heavy atom. The van der Waals surface area contributed by atoms with Crippen LogP contribution in [0.4, 0.5) is 0 Å². The van der Waals surface area contributed by atoms with E-state index in [9.17, 15) is 4.79 Å². The second kappa shape index (κ2) is 6.88. The molecule has 0 bridgehead atoms. The number of hydrogen-bond acceptors (Lipinski definition) is 2. The van der Waals surface area contributed by atoms with E-state index in [0.717, 1.165) is 17.7 Å². The van der Waals surface area contributed by atoms with Crippen LogP contribution in [0, 0.1) is 5.92 Å². The predicted octanol–water partition coefficient (Wildman–Crippen LogP) is 5.22. The summed E-state index contributed by atoms with van der Waals surface area (Å²) >= 11 is 12.3. The van der Waals surface area contributed by atoms with Gasteiger partial charge in [0.1, 0.15) is 12.7 Å². The molecule has 0 N–H and O–H groups in total. The van der Waals surface area contributed by atoms with Gasteiger partial charge in [0, 0.05) is 16.6 Å². The molecule has 1 aliphatic heterocycles. The molecule has 4 rings (SSSR count). The minimum absolute atomic E-state index is 0.0348. The lowest BCUT2D eigenvalue weighted by Gasteiger charge is -2.50. The van der Waals surface area contributed by atoms with E-state index in [1.165, 1.54) is 12.8 Å². The molecule has 2 aromatic carbocycles. The first-order chi connectivity index (χ1) is 12.5. The molecule has 136 valence electrons. The summed E-state index contributed by atoms with van der Waals surface area (Å²) in [5.74, 6) is 0.622. The second-order valence-corrected chi connectivity index (χ2v) is 8.22. The molecule has 1 saturated heterocycles. The van der Waals surface area contributed by atoms with Gasteiger partial charge >= 0.3 is 0 Å². The summed E-state index contributed by atoms with van der Waals surface area (Å²) in [5.41, 5.74) is 1.37. The number of amides is 1. The van der Waals surface area contributed by atoms with Crippen LogP contribution in [0.1, 0.15) is 37.0 Å². The van der Waals surface area contributed by atoms with E-state index in [4.69, 9.17) is 27.9 Å². The average Bonchev–Trinajstić information content (AvgIpc) is 3.43. The minimum Gasteiger partial charge on any atom is -0.361 e. The maximum Gasteiger partial charge on any atom is 0.249 e. The predicted molar refractivity (Wildman–Crippen MR) is 103 cm³/mol. The monoisotopic (exact) mass is 389 g/mol. The van der Waals surface area contributed by atoms with Gasteiger partial charge in [0.05, 0.1) is 5.54 Å². The molecule has 0 aromatic heterocycles. The smallest absolute Gasteiger partial charge is 0.249 e. The maximum atomic E-state index is 12.8. The molecule has 2 atom stereocenters. The molecule has 1 amide bonds. The first kappa shape index (κ1) is 17.8. The molecule has 0 unspecified atom stereocenters. The van der Waals surface area contributed by atoms with E-state index < -0.39 is 5.54 Å². The Balaban J connectivity index is 1.82. The van der Waals surface area contributed by atoms with E-state index in [1.807, 2.05) is 53.4 Å². The van der Waals surface area contributed by atoms with Crippen LogP contribution >= 0.6 is 23.2 Å². The van der Waals surface area contributed by atoms with Crippen molar-refractivity contribution in [3.63, 3.8) is 0 Å². The van der Waals surface area contributed by atoms with Crippen LogP contribution in [0.3, 0.4) is 0 Å². The van der Waals surface area contributed by atoms with E-state index in [1.54, 1.807) is 0 Å². The van der Waals surface area contributed by atoms with Crippen LogP contribution in [-0.4, -0.2) is 24.0 Å². The lowest BCUT2D eigenvalue weighted by molar-refractivity contribution is -0.174. The maximum absolute atomic E-state index is 12.8. The van der Waals surface area contributed by atoms with Gasteiger partial charge < -0.3 is 9.64 Å². The van der Waals surface area contributed by atoms with Crippen molar-refractivity contribution in [2.24, 2.45) is 5.92 Å². The number of carbonyl (C=O) groups is 1. The molecule has 5 heteroatoms. The van der Waals surface area contributed by atoms with E-state index in [-0.39, 0.29) is 18.6 Å². The minimum atomic E-state index is -0.618. The Morgan fingerprint density at radius 2 is 1.85 bits per heavy atom. The molecule has 0 spiro atoms. The Kier molecular flexibility index (Phi) is 4.72. The molecule has 26 heavy (non-hydrogen) atoms. The van der Waals surface area contributed by atoms with Crippen LogP contribution in [0.2, 0.25) is 10.0 Å². The zero-order chi connectivity index (χ0) is 18.3. The molecule has 2 aliphatic rings. The van der Waals surface area contributed by atoms with Crippen molar-refractivity contribution in [3.05, 3.63) is 69.7 Å². The topological polar surface area (TPSA) is 29.5 Å². The van der Waals surface area contributed by atoms with Gasteiger partial charge in [-0.25, -0.2) is 0 Å². The third-order valence-corrected chi connectivity index (χ3v) is 5.95. The van der Waals surface area contributed by atoms with Crippen molar-refractivity contribution in [1.29, 1.82) is 0 Å². The van der Waals surface area contributed by atoms with Crippen molar-refractivity contribution < 1.29 is 9.53 Å². The molecule has 2 fully saturated rings. The van der Waals surface area contributed by atoms with Crippen LogP contribution in [0.25, 0.3) is 0 Å². The fourth-order valence-corrected chi connectivity index (χ4v) is 4.16. The zero-order valence-electron chi connectivity index (χ0n) is 14.6. The SMILES string of the molecule is C[C@@]1(c2ccc(Cl)cc2)[C@@H](c2cccc(Cl)c2)OCC(=O)N1CC1CC1. The highest BCUT2D eigenvalue weighted by Crippen LogP contribution is 2.47. The summed E-state index contributed by atoms with van der Waals surface area (Å²) in [6.45, 7) is 2.94. The molecular weight excluding hydrogens is 369 g/mol. The van der Waals surface area contributed by atoms with Crippen molar-refractivity contribution in [3.8, 4) is 0 Å². The summed E-state index contributed by atoms with van der Waals surface area (Å²) in [6, 6.07) is 15.4. The van der Waals surface area contributed by atoms with Crippen LogP contribution in [-0.2, 0) is 15.1 Å². The third-order valence-electron chi connectivity index (χ3n) is 5.46. The lowest BCUT2D eigenvalue weighted by atomic mass is 9.79. The highest BCUT2D eigenvalue weighted by atomic mass is 35.5. The Morgan fingerprint density at radius 3 is 2.50 bits per heavy atom. The third kappa shape index (κ3) is 3.24. The number of hydrogen-bond donors (Lipinski definition) is 0. The number of rotatable bonds is 4. The van der Waals surface area contributed by atoms with Gasteiger partial charge in [-0.3, -0.25) is 4.79 Å². The van der Waals surface area contributed by atoms with Gasteiger partial charge in [0.15, 0.2) is 0 Å². The summed E-state index contributed by atoms with van der Waals surface area (Å²) in [7, 11) is 0. The van der Waals surface area contributed by atoms with E-state index in [2.05, 4.69) is 6.92 Å². The zero-order valence-corrected chi connectivity index (χ0v) is 16.1. The Labute approximate surface area is 163 Å². The van der Waals surface area contributed by atoms with Crippen molar-refractivity contribution >= 4 is 29.1 Å². The summed E-state index contributed by atoms with van der Waals surface area (Å²) < 4.78 is 6.08. The molecular formula is C21H21Cl2NO2. The molecule has 1 aliphatic carbocycles. The van der Waals surface area contributed by atoms with Crippen molar-refractivity contribution in [1.82, 2.24) is 4.90 Å². The van der Waals surface area contributed by atoms with Gasteiger partial charge in [-0.05, 0) is 61.1 Å². The quantitative estimate of drug-likeness (QED) is 0.717. The number of carbonyl (C=O) groups excluding carboxylic acids is 1. The van der Waals surface area contributed by atoms with Gasteiger partial charge in [-0.2, -0.15) is 0 Å². The first-order valence-corrected chi connectivity index (χ1v) is 9.67. The number of nitrogens with zero attached hydrogens (tertiary/aromatic N) is 1. The number of ether oxygens (including phenoxy) is 1. The number of benzene rings is 2. The van der Waals surface area contributed by atoms with Gasteiger partial charge in [-0.1, -0.05) is 47.5 Å². The first-order valence-electron chi connectivity index (χ1n) is 8.92. The van der Waals surface area contributed by atoms with Crippen LogP contribution in [0.15, 0.2) is 48.5 Å². The summed E-state index contributed by atoms with van der Waals surface area (Å²) in [4.78, 5) is 14.8.